The monoisotopic (exact) mass is 403 g/mol. The van der Waals surface area contributed by atoms with Crippen molar-refractivity contribution < 1.29 is 4.79 Å². The molecule has 144 valence electrons. The van der Waals surface area contributed by atoms with Gasteiger partial charge in [-0.25, -0.2) is 9.97 Å². The third-order valence-corrected chi connectivity index (χ3v) is 4.66. The van der Waals surface area contributed by atoms with Crippen molar-refractivity contribution in [2.24, 2.45) is 0 Å². The average molecular weight is 404 g/mol. The van der Waals surface area contributed by atoms with Crippen LogP contribution in [0.15, 0.2) is 73.1 Å². The van der Waals surface area contributed by atoms with Crippen molar-refractivity contribution >= 4 is 40.0 Å². The molecule has 0 aliphatic carbocycles. The van der Waals surface area contributed by atoms with E-state index in [0.29, 0.717) is 23.7 Å². The van der Waals surface area contributed by atoms with Gasteiger partial charge in [-0.15, -0.1) is 0 Å². The molecule has 0 saturated heterocycles. The second-order valence-electron chi connectivity index (χ2n) is 6.39. The first kappa shape index (κ1) is 18.8. The van der Waals surface area contributed by atoms with Crippen LogP contribution in [0, 0.1) is 0 Å². The lowest BCUT2D eigenvalue weighted by atomic mass is 10.1. The molecule has 0 unspecified atom stereocenters. The number of aromatic nitrogens is 3. The Balaban J connectivity index is 1.48. The van der Waals surface area contributed by atoms with E-state index in [9.17, 15) is 4.79 Å². The van der Waals surface area contributed by atoms with E-state index in [2.05, 4.69) is 37.7 Å². The Hall–Kier alpha value is -3.51. The molecule has 2 N–H and O–H groups in total. The maximum absolute atomic E-state index is 12.8. The summed E-state index contributed by atoms with van der Waals surface area (Å²) in [7, 11) is 0. The zero-order valence-corrected chi connectivity index (χ0v) is 16.2. The molecular formula is C22H18ClN5O. The molecule has 1 amide bonds. The Morgan fingerprint density at radius 2 is 1.79 bits per heavy atom. The van der Waals surface area contributed by atoms with Gasteiger partial charge in [0.05, 0.1) is 22.4 Å². The van der Waals surface area contributed by atoms with Gasteiger partial charge in [-0.1, -0.05) is 60.1 Å². The minimum absolute atomic E-state index is 0.108. The van der Waals surface area contributed by atoms with Gasteiger partial charge in [0.2, 0.25) is 5.95 Å². The highest BCUT2D eigenvalue weighted by Crippen LogP contribution is 2.22. The first-order chi connectivity index (χ1) is 14.2. The summed E-state index contributed by atoms with van der Waals surface area (Å²) in [4.78, 5) is 25.6. The number of benzene rings is 2. The molecule has 0 radical (unpaired) electrons. The molecule has 2 aromatic carbocycles. The first-order valence-electron chi connectivity index (χ1n) is 9.16. The third-order valence-electron chi connectivity index (χ3n) is 4.38. The summed E-state index contributed by atoms with van der Waals surface area (Å²) in [6.45, 7) is 0.639. The molecule has 0 saturated carbocycles. The second-order valence-corrected chi connectivity index (χ2v) is 6.79. The topological polar surface area (TPSA) is 79.8 Å². The number of halogens is 1. The number of fused-ring (bicyclic) bond motifs is 1. The van der Waals surface area contributed by atoms with Crippen LogP contribution in [0.5, 0.6) is 0 Å². The van der Waals surface area contributed by atoms with E-state index in [1.54, 1.807) is 12.3 Å². The maximum Gasteiger partial charge on any atom is 0.276 e. The van der Waals surface area contributed by atoms with Gasteiger partial charge in [0, 0.05) is 18.1 Å². The van der Waals surface area contributed by atoms with Crippen LogP contribution in [0.3, 0.4) is 0 Å². The van der Waals surface area contributed by atoms with Gasteiger partial charge in [-0.05, 0) is 24.1 Å². The van der Waals surface area contributed by atoms with E-state index < -0.39 is 5.91 Å². The van der Waals surface area contributed by atoms with Crippen molar-refractivity contribution in [3.05, 3.63) is 89.3 Å². The zero-order chi connectivity index (χ0) is 20.1. The van der Waals surface area contributed by atoms with Crippen molar-refractivity contribution in [3.8, 4) is 0 Å². The van der Waals surface area contributed by atoms with Gasteiger partial charge in [-0.3, -0.25) is 9.78 Å². The number of carbonyl (C=O) groups is 1. The van der Waals surface area contributed by atoms with Crippen LogP contribution in [-0.4, -0.2) is 27.4 Å². The minimum Gasteiger partial charge on any atom is -0.354 e. The van der Waals surface area contributed by atoms with Crippen LogP contribution < -0.4 is 10.6 Å². The highest BCUT2D eigenvalue weighted by Gasteiger charge is 2.16. The smallest absolute Gasteiger partial charge is 0.276 e. The van der Waals surface area contributed by atoms with Gasteiger partial charge in [-0.2, -0.15) is 0 Å². The fourth-order valence-corrected chi connectivity index (χ4v) is 3.14. The Morgan fingerprint density at radius 1 is 0.966 bits per heavy atom. The summed E-state index contributed by atoms with van der Waals surface area (Å²) >= 11 is 6.18. The molecular weight excluding hydrogens is 386 g/mol. The van der Waals surface area contributed by atoms with Crippen LogP contribution in [-0.2, 0) is 6.42 Å². The molecule has 4 rings (SSSR count). The molecule has 0 bridgehead atoms. The average Bonchev–Trinajstić information content (AvgIpc) is 2.76. The molecule has 29 heavy (non-hydrogen) atoms. The highest BCUT2D eigenvalue weighted by molar-refractivity contribution is 6.34. The van der Waals surface area contributed by atoms with Crippen molar-refractivity contribution in [1.82, 2.24) is 15.0 Å². The number of rotatable bonds is 6. The van der Waals surface area contributed by atoms with Gasteiger partial charge >= 0.3 is 0 Å². The zero-order valence-electron chi connectivity index (χ0n) is 15.5. The van der Waals surface area contributed by atoms with Gasteiger partial charge in [0.25, 0.3) is 5.91 Å². The number of nitrogens with one attached hydrogen (secondary N) is 2. The lowest BCUT2D eigenvalue weighted by Crippen LogP contribution is -2.17. The second kappa shape index (κ2) is 8.67. The molecule has 7 heteroatoms. The van der Waals surface area contributed by atoms with Crippen molar-refractivity contribution in [2.45, 2.75) is 6.42 Å². The number of nitrogens with zero attached hydrogens (tertiary/aromatic N) is 3. The minimum atomic E-state index is -0.415. The van der Waals surface area contributed by atoms with Crippen LogP contribution in [0.2, 0.25) is 5.02 Å². The molecule has 0 aliphatic heterocycles. The predicted molar refractivity (Wildman–Crippen MR) is 115 cm³/mol. The molecule has 0 spiro atoms. The fraction of sp³-hybridized carbons (Fsp3) is 0.0909. The van der Waals surface area contributed by atoms with Gasteiger partial charge in [0.1, 0.15) is 0 Å². The molecule has 0 atom stereocenters. The Morgan fingerprint density at radius 3 is 2.66 bits per heavy atom. The summed E-state index contributed by atoms with van der Waals surface area (Å²) in [5.74, 6) is -0.0619. The highest BCUT2D eigenvalue weighted by atomic mass is 35.5. The van der Waals surface area contributed by atoms with Crippen LogP contribution in [0.1, 0.15) is 16.1 Å². The number of carbonyl (C=O) groups excluding carboxylic acids is 1. The van der Waals surface area contributed by atoms with Crippen molar-refractivity contribution in [1.29, 1.82) is 0 Å². The van der Waals surface area contributed by atoms with E-state index in [0.717, 1.165) is 11.8 Å². The number of anilines is 2. The Kier molecular flexibility index (Phi) is 5.63. The van der Waals surface area contributed by atoms with E-state index in [-0.39, 0.29) is 10.7 Å². The van der Waals surface area contributed by atoms with E-state index in [1.807, 2.05) is 42.5 Å². The Labute approximate surface area is 173 Å². The number of hydrogen-bond donors (Lipinski definition) is 2. The number of amides is 1. The quantitative estimate of drug-likeness (QED) is 0.492. The lowest BCUT2D eigenvalue weighted by molar-refractivity contribution is 0.102. The molecule has 2 aromatic heterocycles. The standard InChI is InChI=1S/C22H18ClN5O/c23-17-14-26-22(25-13-11-15-6-2-1-3-7-15)28-20(17)21(29)27-18-10-4-8-16-9-5-12-24-19(16)18/h1-10,12,14H,11,13H2,(H,27,29)(H,25,26,28). The normalized spacial score (nSPS) is 10.7. The number of hydrogen-bond acceptors (Lipinski definition) is 5. The van der Waals surface area contributed by atoms with Crippen LogP contribution in [0.25, 0.3) is 10.9 Å². The largest absolute Gasteiger partial charge is 0.354 e. The predicted octanol–water partition coefficient (Wildman–Crippen LogP) is 4.59. The number of para-hydroxylation sites is 1. The van der Waals surface area contributed by atoms with Crippen molar-refractivity contribution in [2.75, 3.05) is 17.2 Å². The summed E-state index contributed by atoms with van der Waals surface area (Å²) in [6, 6.07) is 19.5. The number of pyridine rings is 1. The van der Waals surface area contributed by atoms with Gasteiger partial charge < -0.3 is 10.6 Å². The van der Waals surface area contributed by atoms with Crippen LogP contribution in [0.4, 0.5) is 11.6 Å². The molecule has 0 fully saturated rings. The molecule has 4 aromatic rings. The molecule has 6 nitrogen and oxygen atoms in total. The molecule has 2 heterocycles. The van der Waals surface area contributed by atoms with E-state index >= 15 is 0 Å². The van der Waals surface area contributed by atoms with E-state index in [1.165, 1.54) is 11.8 Å². The summed E-state index contributed by atoms with van der Waals surface area (Å²) in [5.41, 5.74) is 2.61. The van der Waals surface area contributed by atoms with Crippen LogP contribution >= 0.6 is 11.6 Å². The molecule has 0 aliphatic rings. The summed E-state index contributed by atoms with van der Waals surface area (Å²) < 4.78 is 0. The SMILES string of the molecule is O=C(Nc1cccc2cccnc12)c1nc(NCCc2ccccc2)ncc1Cl. The third kappa shape index (κ3) is 4.50. The Bertz CT molecular complexity index is 1140. The summed E-state index contributed by atoms with van der Waals surface area (Å²) in [6.07, 6.45) is 3.93. The maximum atomic E-state index is 12.8. The first-order valence-corrected chi connectivity index (χ1v) is 9.54. The summed E-state index contributed by atoms with van der Waals surface area (Å²) in [5, 5.41) is 7.10. The van der Waals surface area contributed by atoms with Gasteiger partial charge in [0.15, 0.2) is 5.69 Å². The fourth-order valence-electron chi connectivity index (χ4n) is 2.96. The lowest BCUT2D eigenvalue weighted by Gasteiger charge is -2.10. The van der Waals surface area contributed by atoms with E-state index in [4.69, 9.17) is 11.6 Å². The van der Waals surface area contributed by atoms with Crippen molar-refractivity contribution in [3.63, 3.8) is 0 Å².